The van der Waals surface area contributed by atoms with E-state index in [0.717, 1.165) is 22.8 Å². The van der Waals surface area contributed by atoms with Crippen LogP contribution < -0.4 is 5.32 Å². The first kappa shape index (κ1) is 16.1. The summed E-state index contributed by atoms with van der Waals surface area (Å²) in [5, 5.41) is 6.50. The van der Waals surface area contributed by atoms with Crippen molar-refractivity contribution in [2.75, 3.05) is 19.8 Å². The van der Waals surface area contributed by atoms with Gasteiger partial charge in [0.15, 0.2) is 6.29 Å². The number of nitrogens with zero attached hydrogens (tertiary/aromatic N) is 1. The molecule has 21 heavy (non-hydrogen) atoms. The first-order valence-corrected chi connectivity index (χ1v) is 8.15. The smallest absolute Gasteiger partial charge is 0.169 e. The summed E-state index contributed by atoms with van der Waals surface area (Å²) in [6.07, 6.45) is -0.187. The van der Waals surface area contributed by atoms with E-state index in [1.165, 1.54) is 0 Å². The lowest BCUT2D eigenvalue weighted by atomic mass is 10.2. The van der Waals surface area contributed by atoms with Gasteiger partial charge in [0.25, 0.3) is 0 Å². The van der Waals surface area contributed by atoms with Crippen LogP contribution in [0.1, 0.15) is 18.9 Å². The molecule has 0 atom stereocenters. The molecule has 1 aromatic heterocycles. The van der Waals surface area contributed by atoms with Crippen molar-refractivity contribution in [3.05, 3.63) is 40.7 Å². The maximum absolute atomic E-state index is 5.49. The molecule has 1 aromatic carbocycles. The number of nitrogens with one attached hydrogen (secondary N) is 1. The molecule has 0 bridgehead atoms. The predicted molar refractivity (Wildman–Crippen MR) is 86.3 cm³/mol. The number of hydrogen-bond donors (Lipinski definition) is 1. The molecule has 0 aliphatic carbocycles. The van der Waals surface area contributed by atoms with Crippen LogP contribution in [0.3, 0.4) is 0 Å². The summed E-state index contributed by atoms with van der Waals surface area (Å²) in [5.74, 6) is 0. The Labute approximate surface area is 130 Å². The number of hydrogen-bond acceptors (Lipinski definition) is 5. The van der Waals surface area contributed by atoms with Crippen molar-refractivity contribution in [1.82, 2.24) is 10.3 Å². The summed E-state index contributed by atoms with van der Waals surface area (Å²) >= 11 is 1.67. The van der Waals surface area contributed by atoms with E-state index in [1.54, 1.807) is 11.3 Å². The Kier molecular flexibility index (Phi) is 6.82. The molecular formula is C16H22N2O2S. The van der Waals surface area contributed by atoms with Gasteiger partial charge in [0.2, 0.25) is 0 Å². The highest BCUT2D eigenvalue weighted by Gasteiger charge is 2.08. The first-order chi connectivity index (χ1) is 10.3. The Morgan fingerprint density at radius 1 is 1.14 bits per heavy atom. The molecule has 0 aliphatic heterocycles. The van der Waals surface area contributed by atoms with E-state index in [2.05, 4.69) is 27.8 Å². The van der Waals surface area contributed by atoms with E-state index < -0.39 is 0 Å². The number of thiazole rings is 1. The topological polar surface area (TPSA) is 43.4 Å². The fraction of sp³-hybridized carbons (Fsp3) is 0.438. The average Bonchev–Trinajstić information content (AvgIpc) is 2.97. The van der Waals surface area contributed by atoms with Crippen LogP contribution in [0, 0.1) is 0 Å². The molecule has 0 fully saturated rings. The van der Waals surface area contributed by atoms with Crippen LogP contribution in [0.5, 0.6) is 0 Å². The van der Waals surface area contributed by atoms with Crippen LogP contribution in [-0.2, 0) is 16.0 Å². The van der Waals surface area contributed by atoms with E-state index in [0.29, 0.717) is 19.8 Å². The average molecular weight is 306 g/mol. The maximum atomic E-state index is 5.49. The SMILES string of the molecule is CCOC(CNCc1nc(-c2ccccc2)cs1)OCC. The molecule has 1 heterocycles. The third kappa shape index (κ3) is 5.21. The number of aromatic nitrogens is 1. The fourth-order valence-electron chi connectivity index (χ4n) is 1.97. The van der Waals surface area contributed by atoms with Gasteiger partial charge in [-0.3, -0.25) is 0 Å². The van der Waals surface area contributed by atoms with Gasteiger partial charge in [0.1, 0.15) is 5.01 Å². The third-order valence-electron chi connectivity index (χ3n) is 2.91. The minimum absolute atomic E-state index is 0.187. The van der Waals surface area contributed by atoms with Gasteiger partial charge in [-0.15, -0.1) is 11.3 Å². The molecule has 4 nitrogen and oxygen atoms in total. The van der Waals surface area contributed by atoms with Crippen molar-refractivity contribution in [2.24, 2.45) is 0 Å². The van der Waals surface area contributed by atoms with E-state index in [-0.39, 0.29) is 6.29 Å². The first-order valence-electron chi connectivity index (χ1n) is 7.27. The fourth-order valence-corrected chi connectivity index (χ4v) is 2.74. The Hall–Kier alpha value is -1.27. The molecule has 0 spiro atoms. The lowest BCUT2D eigenvalue weighted by Gasteiger charge is -2.16. The highest BCUT2D eigenvalue weighted by molar-refractivity contribution is 7.09. The van der Waals surface area contributed by atoms with Crippen LogP contribution in [-0.4, -0.2) is 31.0 Å². The molecule has 0 aliphatic rings. The molecule has 0 unspecified atom stereocenters. The molecule has 2 aromatic rings. The molecule has 2 rings (SSSR count). The minimum atomic E-state index is -0.187. The zero-order valence-electron chi connectivity index (χ0n) is 12.5. The van der Waals surface area contributed by atoms with E-state index in [1.807, 2.05) is 32.0 Å². The summed E-state index contributed by atoms with van der Waals surface area (Å²) in [4.78, 5) is 4.64. The highest BCUT2D eigenvalue weighted by atomic mass is 32.1. The van der Waals surface area contributed by atoms with Crippen molar-refractivity contribution in [2.45, 2.75) is 26.7 Å². The second-order valence-electron chi connectivity index (χ2n) is 4.46. The monoisotopic (exact) mass is 306 g/mol. The van der Waals surface area contributed by atoms with Crippen molar-refractivity contribution in [3.8, 4) is 11.3 Å². The van der Waals surface area contributed by atoms with Crippen LogP contribution in [0.2, 0.25) is 0 Å². The van der Waals surface area contributed by atoms with Crippen molar-refractivity contribution < 1.29 is 9.47 Å². The van der Waals surface area contributed by atoms with E-state index >= 15 is 0 Å². The summed E-state index contributed by atoms with van der Waals surface area (Å²) in [6, 6.07) is 10.2. The Morgan fingerprint density at radius 2 is 1.86 bits per heavy atom. The highest BCUT2D eigenvalue weighted by Crippen LogP contribution is 2.21. The second-order valence-corrected chi connectivity index (χ2v) is 5.41. The quantitative estimate of drug-likeness (QED) is 0.722. The van der Waals surface area contributed by atoms with Gasteiger partial charge in [0.05, 0.1) is 5.69 Å². The molecule has 1 N–H and O–H groups in total. The molecular weight excluding hydrogens is 284 g/mol. The van der Waals surface area contributed by atoms with Crippen molar-refractivity contribution >= 4 is 11.3 Å². The molecule has 0 amide bonds. The van der Waals surface area contributed by atoms with E-state index in [9.17, 15) is 0 Å². The normalized spacial score (nSPS) is 11.2. The lowest BCUT2D eigenvalue weighted by Crippen LogP contribution is -2.31. The molecule has 0 radical (unpaired) electrons. The largest absolute Gasteiger partial charge is 0.352 e. The van der Waals surface area contributed by atoms with E-state index in [4.69, 9.17) is 9.47 Å². The van der Waals surface area contributed by atoms with Crippen LogP contribution >= 0.6 is 11.3 Å². The standard InChI is InChI=1S/C16H22N2O2S/c1-3-19-16(20-4-2)11-17-10-15-18-14(12-21-15)13-8-6-5-7-9-13/h5-9,12,16-17H,3-4,10-11H2,1-2H3. The number of benzene rings is 1. The van der Waals surface area contributed by atoms with Gasteiger partial charge in [-0.25, -0.2) is 4.98 Å². The summed E-state index contributed by atoms with van der Waals surface area (Å²) in [7, 11) is 0. The Bertz CT molecular complexity index is 510. The second kappa shape index (κ2) is 8.89. The van der Waals surface area contributed by atoms with Crippen LogP contribution in [0.15, 0.2) is 35.7 Å². The summed E-state index contributed by atoms with van der Waals surface area (Å²) in [5.41, 5.74) is 2.19. The molecule has 114 valence electrons. The van der Waals surface area contributed by atoms with Gasteiger partial charge in [-0.1, -0.05) is 30.3 Å². The third-order valence-corrected chi connectivity index (χ3v) is 3.76. The maximum Gasteiger partial charge on any atom is 0.169 e. The predicted octanol–water partition coefficient (Wildman–Crippen LogP) is 3.30. The lowest BCUT2D eigenvalue weighted by molar-refractivity contribution is -0.133. The van der Waals surface area contributed by atoms with Gasteiger partial charge in [-0.05, 0) is 13.8 Å². The Balaban J connectivity index is 1.83. The van der Waals surface area contributed by atoms with Gasteiger partial charge >= 0.3 is 0 Å². The summed E-state index contributed by atoms with van der Waals surface area (Å²) in [6.45, 7) is 6.65. The van der Waals surface area contributed by atoms with Crippen LogP contribution in [0.25, 0.3) is 11.3 Å². The molecule has 0 saturated carbocycles. The zero-order chi connectivity index (χ0) is 14.9. The Morgan fingerprint density at radius 3 is 2.52 bits per heavy atom. The number of rotatable bonds is 9. The van der Waals surface area contributed by atoms with Crippen molar-refractivity contribution in [3.63, 3.8) is 0 Å². The zero-order valence-corrected chi connectivity index (χ0v) is 13.4. The van der Waals surface area contributed by atoms with Crippen LogP contribution in [0.4, 0.5) is 0 Å². The van der Waals surface area contributed by atoms with Gasteiger partial charge in [-0.2, -0.15) is 0 Å². The van der Waals surface area contributed by atoms with Gasteiger partial charge in [0, 0.05) is 37.2 Å². The van der Waals surface area contributed by atoms with Gasteiger partial charge < -0.3 is 14.8 Å². The molecule has 0 saturated heterocycles. The summed E-state index contributed by atoms with van der Waals surface area (Å²) < 4.78 is 11.0. The molecule has 5 heteroatoms. The van der Waals surface area contributed by atoms with Crippen molar-refractivity contribution in [1.29, 1.82) is 0 Å². The minimum Gasteiger partial charge on any atom is -0.352 e. The number of ether oxygens (including phenoxy) is 2.